The first-order valence-electron chi connectivity index (χ1n) is 7.27. The number of hydrogen-bond acceptors (Lipinski definition) is 3. The smallest absolute Gasteiger partial charge is 0.0842 e. The van der Waals surface area contributed by atoms with Gasteiger partial charge in [-0.2, -0.15) is 0 Å². The van der Waals surface area contributed by atoms with Gasteiger partial charge in [-0.1, -0.05) is 32.0 Å². The predicted molar refractivity (Wildman–Crippen MR) is 83.9 cm³/mol. The minimum atomic E-state index is -0.236. The van der Waals surface area contributed by atoms with E-state index in [1.54, 1.807) is 7.11 Å². The maximum Gasteiger partial charge on any atom is 0.0842 e. The molecule has 2 rings (SSSR count). The first kappa shape index (κ1) is 14.9. The number of hydrogen-bond donors (Lipinski definition) is 1. The largest absolute Gasteiger partial charge is 0.377 e. The van der Waals surface area contributed by atoms with Crippen LogP contribution < -0.4 is 5.32 Å². The lowest BCUT2D eigenvalue weighted by Crippen LogP contribution is -2.42. The molecule has 0 aliphatic heterocycles. The number of aromatic nitrogens is 1. The maximum atomic E-state index is 5.82. The van der Waals surface area contributed by atoms with Crippen molar-refractivity contribution in [3.05, 3.63) is 42.2 Å². The average Bonchev–Trinajstić information content (AvgIpc) is 2.51. The van der Waals surface area contributed by atoms with Crippen LogP contribution in [-0.2, 0) is 4.74 Å². The van der Waals surface area contributed by atoms with Crippen LogP contribution in [0.4, 0.5) is 0 Å². The van der Waals surface area contributed by atoms with Crippen molar-refractivity contribution in [3.8, 4) is 0 Å². The molecule has 3 nitrogen and oxygen atoms in total. The maximum absolute atomic E-state index is 5.82. The second-order valence-electron chi connectivity index (χ2n) is 5.31. The van der Waals surface area contributed by atoms with Gasteiger partial charge in [-0.3, -0.25) is 4.98 Å². The first-order valence-corrected chi connectivity index (χ1v) is 7.27. The van der Waals surface area contributed by atoms with Gasteiger partial charge in [0.05, 0.1) is 11.6 Å². The summed E-state index contributed by atoms with van der Waals surface area (Å²) in [5.41, 5.74) is 1.02. The number of methoxy groups -OCH3 is 1. The van der Waals surface area contributed by atoms with E-state index in [1.807, 2.05) is 12.4 Å². The number of rotatable bonds is 6. The first-order chi connectivity index (χ1) is 9.66. The van der Waals surface area contributed by atoms with Crippen molar-refractivity contribution >= 4 is 10.8 Å². The molecule has 1 aromatic heterocycles. The molecule has 0 saturated carbocycles. The molecular formula is C17H24N2O. The van der Waals surface area contributed by atoms with Gasteiger partial charge in [0.15, 0.2) is 0 Å². The van der Waals surface area contributed by atoms with Gasteiger partial charge >= 0.3 is 0 Å². The third-order valence-corrected chi connectivity index (χ3v) is 4.22. The van der Waals surface area contributed by atoms with E-state index in [2.05, 4.69) is 55.3 Å². The van der Waals surface area contributed by atoms with Crippen molar-refractivity contribution in [1.29, 1.82) is 0 Å². The third-order valence-electron chi connectivity index (χ3n) is 4.22. The number of nitrogens with one attached hydrogen (secondary N) is 1. The summed E-state index contributed by atoms with van der Waals surface area (Å²) in [5.74, 6) is 0. The number of ether oxygens (including phenoxy) is 1. The Hall–Kier alpha value is -1.45. The fourth-order valence-corrected chi connectivity index (χ4v) is 2.71. The van der Waals surface area contributed by atoms with Gasteiger partial charge in [0.25, 0.3) is 0 Å². The zero-order chi connectivity index (χ0) is 14.6. The standard InChI is InChI=1S/C17H24N2O/c1-5-17(3,20-4)16(19-6-2)14-9-7-8-13-10-11-18-12-15(13)14/h7-12,16,19H,5-6H2,1-4H3. The molecule has 0 fully saturated rings. The summed E-state index contributed by atoms with van der Waals surface area (Å²) in [6.07, 6.45) is 4.72. The molecular weight excluding hydrogens is 248 g/mol. The fourth-order valence-electron chi connectivity index (χ4n) is 2.71. The second kappa shape index (κ2) is 6.33. The molecule has 0 bridgehead atoms. The summed E-state index contributed by atoms with van der Waals surface area (Å²) in [6.45, 7) is 7.36. The van der Waals surface area contributed by atoms with Gasteiger partial charge in [-0.15, -0.1) is 0 Å². The van der Waals surface area contributed by atoms with Crippen molar-refractivity contribution in [2.45, 2.75) is 38.8 Å². The van der Waals surface area contributed by atoms with Crippen LogP contribution in [-0.4, -0.2) is 24.2 Å². The van der Waals surface area contributed by atoms with E-state index in [0.29, 0.717) is 0 Å². The second-order valence-corrected chi connectivity index (χ2v) is 5.31. The third kappa shape index (κ3) is 2.69. The Bertz CT molecular complexity index is 558. The van der Waals surface area contributed by atoms with Crippen LogP contribution in [0.15, 0.2) is 36.7 Å². The lowest BCUT2D eigenvalue weighted by molar-refractivity contribution is -0.0292. The quantitative estimate of drug-likeness (QED) is 0.870. The van der Waals surface area contributed by atoms with Crippen molar-refractivity contribution in [1.82, 2.24) is 10.3 Å². The Morgan fingerprint density at radius 3 is 2.75 bits per heavy atom. The Balaban J connectivity index is 2.57. The highest BCUT2D eigenvalue weighted by atomic mass is 16.5. The highest BCUT2D eigenvalue weighted by Gasteiger charge is 2.34. The molecule has 20 heavy (non-hydrogen) atoms. The zero-order valence-electron chi connectivity index (χ0n) is 12.8. The van der Waals surface area contributed by atoms with E-state index in [9.17, 15) is 0 Å². The minimum Gasteiger partial charge on any atom is -0.377 e. The van der Waals surface area contributed by atoms with Crippen LogP contribution >= 0.6 is 0 Å². The van der Waals surface area contributed by atoms with E-state index < -0.39 is 0 Å². The van der Waals surface area contributed by atoms with Crippen molar-refractivity contribution in [3.63, 3.8) is 0 Å². The van der Waals surface area contributed by atoms with Crippen LogP contribution in [0.5, 0.6) is 0 Å². The molecule has 0 aliphatic rings. The van der Waals surface area contributed by atoms with Crippen molar-refractivity contribution < 1.29 is 4.74 Å². The van der Waals surface area contributed by atoms with Crippen LogP contribution in [0, 0.1) is 0 Å². The Morgan fingerprint density at radius 2 is 2.10 bits per heavy atom. The van der Waals surface area contributed by atoms with Crippen LogP contribution in [0.25, 0.3) is 10.8 Å². The summed E-state index contributed by atoms with van der Waals surface area (Å²) in [7, 11) is 1.79. The highest BCUT2D eigenvalue weighted by Crippen LogP contribution is 2.35. The number of benzene rings is 1. The number of nitrogens with zero attached hydrogens (tertiary/aromatic N) is 1. The molecule has 3 heteroatoms. The molecule has 0 amide bonds. The normalized spacial score (nSPS) is 16.0. The van der Waals surface area contributed by atoms with Gasteiger partial charge in [0.1, 0.15) is 0 Å². The van der Waals surface area contributed by atoms with Crippen molar-refractivity contribution in [2.24, 2.45) is 0 Å². The summed E-state index contributed by atoms with van der Waals surface area (Å²) in [6, 6.07) is 8.60. The summed E-state index contributed by atoms with van der Waals surface area (Å²) in [5, 5.41) is 5.99. The van der Waals surface area contributed by atoms with E-state index >= 15 is 0 Å². The highest BCUT2D eigenvalue weighted by molar-refractivity contribution is 5.85. The molecule has 2 atom stereocenters. The molecule has 2 unspecified atom stereocenters. The molecule has 1 N–H and O–H groups in total. The van der Waals surface area contributed by atoms with Gasteiger partial charge in [0, 0.05) is 24.9 Å². The molecule has 0 radical (unpaired) electrons. The number of likely N-dealkylation sites (N-methyl/N-ethyl adjacent to an activating group) is 1. The Morgan fingerprint density at radius 1 is 1.30 bits per heavy atom. The molecule has 0 saturated heterocycles. The van der Waals surface area contributed by atoms with Gasteiger partial charge < -0.3 is 10.1 Å². The lowest BCUT2D eigenvalue weighted by atomic mass is 9.85. The van der Waals surface area contributed by atoms with Crippen LogP contribution in [0.2, 0.25) is 0 Å². The Kier molecular flexibility index (Phi) is 4.73. The molecule has 2 aromatic rings. The predicted octanol–water partition coefficient (Wildman–Crippen LogP) is 3.70. The lowest BCUT2D eigenvalue weighted by Gasteiger charge is -2.37. The summed E-state index contributed by atoms with van der Waals surface area (Å²) in [4.78, 5) is 4.28. The van der Waals surface area contributed by atoms with Crippen LogP contribution in [0.3, 0.4) is 0 Å². The molecule has 108 valence electrons. The zero-order valence-corrected chi connectivity index (χ0v) is 12.8. The molecule has 0 aliphatic carbocycles. The minimum absolute atomic E-state index is 0.149. The van der Waals surface area contributed by atoms with Crippen molar-refractivity contribution in [2.75, 3.05) is 13.7 Å². The van der Waals surface area contributed by atoms with Gasteiger partial charge in [-0.25, -0.2) is 0 Å². The molecule has 0 spiro atoms. The van der Waals surface area contributed by atoms with Crippen LogP contribution in [0.1, 0.15) is 38.8 Å². The monoisotopic (exact) mass is 272 g/mol. The average molecular weight is 272 g/mol. The SMILES string of the molecule is CCNC(c1cccc2ccncc12)C(C)(CC)OC. The summed E-state index contributed by atoms with van der Waals surface area (Å²) < 4.78 is 5.82. The van der Waals surface area contributed by atoms with Gasteiger partial charge in [0.2, 0.25) is 0 Å². The van der Waals surface area contributed by atoms with Gasteiger partial charge in [-0.05, 0) is 36.9 Å². The number of pyridine rings is 1. The van der Waals surface area contributed by atoms with E-state index in [1.165, 1.54) is 16.3 Å². The Labute approximate surface area is 121 Å². The summed E-state index contributed by atoms with van der Waals surface area (Å²) >= 11 is 0. The molecule has 1 heterocycles. The topological polar surface area (TPSA) is 34.2 Å². The van der Waals surface area contributed by atoms with E-state index in [-0.39, 0.29) is 11.6 Å². The number of fused-ring (bicyclic) bond motifs is 1. The van der Waals surface area contributed by atoms with E-state index in [4.69, 9.17) is 4.74 Å². The molecule has 1 aromatic carbocycles. The fraction of sp³-hybridized carbons (Fsp3) is 0.471. The van der Waals surface area contributed by atoms with E-state index in [0.717, 1.165) is 13.0 Å².